The highest BCUT2D eigenvalue weighted by molar-refractivity contribution is 7.53. The topological polar surface area (TPSA) is 54.0 Å². The van der Waals surface area contributed by atoms with Crippen molar-refractivity contribution in [2.75, 3.05) is 40.7 Å². The van der Waals surface area contributed by atoms with Crippen LogP contribution in [0.5, 0.6) is 0 Å². The minimum absolute atomic E-state index is 0.0692. The maximum Gasteiger partial charge on any atom is 0.330 e. The number of hydrogen-bond acceptors (Lipinski definition) is 5. The van der Waals surface area contributed by atoms with Gasteiger partial charge >= 0.3 is 7.60 Å². The van der Waals surface area contributed by atoms with Crippen molar-refractivity contribution in [2.45, 2.75) is 109 Å². The van der Waals surface area contributed by atoms with Crippen LogP contribution in [-0.2, 0) is 23.1 Å². The van der Waals surface area contributed by atoms with Crippen LogP contribution in [0.2, 0.25) is 0 Å². The van der Waals surface area contributed by atoms with Crippen molar-refractivity contribution in [1.29, 1.82) is 0 Å². The van der Waals surface area contributed by atoms with E-state index < -0.39 is 7.60 Å². The third-order valence-electron chi connectivity index (χ3n) is 5.56. The van der Waals surface area contributed by atoms with E-state index >= 15 is 0 Å². The lowest BCUT2D eigenvalue weighted by atomic mass is 10.0. The Morgan fingerprint density at radius 3 is 1.55 bits per heavy atom. The zero-order valence-electron chi connectivity index (χ0n) is 19.8. The molecule has 29 heavy (non-hydrogen) atoms. The third-order valence-corrected chi connectivity index (χ3v) is 7.48. The normalized spacial score (nSPS) is 13.1. The van der Waals surface area contributed by atoms with Gasteiger partial charge in [-0.1, -0.05) is 90.4 Å². The van der Waals surface area contributed by atoms with Gasteiger partial charge in [0.25, 0.3) is 0 Å². The molecule has 176 valence electrons. The number of hydrogen-bond donors (Lipinski definition) is 0. The first-order valence-electron chi connectivity index (χ1n) is 11.9. The average molecular weight is 437 g/mol. The summed E-state index contributed by atoms with van der Waals surface area (Å²) in [6, 6.07) is 0. The van der Waals surface area contributed by atoms with Gasteiger partial charge in [0.1, 0.15) is 0 Å². The van der Waals surface area contributed by atoms with Gasteiger partial charge in [0.2, 0.25) is 0 Å². The van der Waals surface area contributed by atoms with Crippen LogP contribution in [0, 0.1) is 0 Å². The Morgan fingerprint density at radius 1 is 0.690 bits per heavy atom. The van der Waals surface area contributed by atoms with Crippen molar-refractivity contribution in [1.82, 2.24) is 0 Å². The van der Waals surface area contributed by atoms with Crippen molar-refractivity contribution in [3.8, 4) is 0 Å². The van der Waals surface area contributed by atoms with Gasteiger partial charge in [-0.25, -0.2) is 0 Å². The van der Waals surface area contributed by atoms with E-state index in [0.717, 1.165) is 13.0 Å². The van der Waals surface area contributed by atoms with E-state index in [1.165, 1.54) is 97.7 Å². The van der Waals surface area contributed by atoms with Crippen LogP contribution in [0.1, 0.15) is 103 Å². The first kappa shape index (κ1) is 29.1. The SMILES string of the molecule is CCCCCCCCCCCCCCCCOC[C@H](CCP(=O)(OC)OC)OC. The summed E-state index contributed by atoms with van der Waals surface area (Å²) in [5.74, 6) is 0. The molecule has 0 aliphatic rings. The van der Waals surface area contributed by atoms with E-state index in [4.69, 9.17) is 18.5 Å². The quantitative estimate of drug-likeness (QED) is 0.124. The van der Waals surface area contributed by atoms with E-state index in [2.05, 4.69) is 6.92 Å². The van der Waals surface area contributed by atoms with Crippen molar-refractivity contribution in [3.05, 3.63) is 0 Å². The minimum atomic E-state index is -2.96. The van der Waals surface area contributed by atoms with Gasteiger partial charge in [0.05, 0.1) is 18.9 Å². The van der Waals surface area contributed by atoms with Gasteiger partial charge in [-0.2, -0.15) is 0 Å². The molecule has 0 spiro atoms. The highest BCUT2D eigenvalue weighted by atomic mass is 31.2. The largest absolute Gasteiger partial charge is 0.379 e. The van der Waals surface area contributed by atoms with E-state index in [-0.39, 0.29) is 6.10 Å². The van der Waals surface area contributed by atoms with Crippen LogP contribution in [0.4, 0.5) is 0 Å². The second-order valence-corrected chi connectivity index (χ2v) is 10.4. The van der Waals surface area contributed by atoms with E-state index in [0.29, 0.717) is 19.2 Å². The lowest BCUT2D eigenvalue weighted by Crippen LogP contribution is -2.20. The minimum Gasteiger partial charge on any atom is -0.379 e. The molecule has 0 bridgehead atoms. The monoisotopic (exact) mass is 436 g/mol. The second kappa shape index (κ2) is 21.3. The molecule has 0 aliphatic carbocycles. The molecule has 0 rings (SSSR count). The Balaban J connectivity index is 3.38. The Bertz CT molecular complexity index is 370. The molecule has 0 amide bonds. The molecule has 0 saturated carbocycles. The smallest absolute Gasteiger partial charge is 0.330 e. The van der Waals surface area contributed by atoms with Gasteiger partial charge < -0.3 is 18.5 Å². The molecule has 5 nitrogen and oxygen atoms in total. The molecule has 0 fully saturated rings. The number of ether oxygens (including phenoxy) is 2. The summed E-state index contributed by atoms with van der Waals surface area (Å²) in [6.45, 7) is 3.57. The van der Waals surface area contributed by atoms with Gasteiger partial charge in [-0.15, -0.1) is 0 Å². The van der Waals surface area contributed by atoms with Crippen molar-refractivity contribution in [3.63, 3.8) is 0 Å². The molecule has 1 atom stereocenters. The summed E-state index contributed by atoms with van der Waals surface area (Å²) < 4.78 is 33.1. The maximum absolute atomic E-state index is 12.1. The van der Waals surface area contributed by atoms with Crippen LogP contribution in [0.3, 0.4) is 0 Å². The average Bonchev–Trinajstić information content (AvgIpc) is 2.75. The molecule has 0 aromatic rings. The molecule has 0 unspecified atom stereocenters. The molecule has 0 N–H and O–H groups in total. The van der Waals surface area contributed by atoms with Crippen LogP contribution in [0.15, 0.2) is 0 Å². The van der Waals surface area contributed by atoms with Gasteiger partial charge in [-0.05, 0) is 12.8 Å². The molecular formula is C23H49O5P. The van der Waals surface area contributed by atoms with Gasteiger partial charge in [0.15, 0.2) is 0 Å². The van der Waals surface area contributed by atoms with Gasteiger partial charge in [-0.3, -0.25) is 4.57 Å². The summed E-state index contributed by atoms with van der Waals surface area (Å²) in [7, 11) is 1.53. The Hall–Kier alpha value is 0.0700. The third kappa shape index (κ3) is 18.5. The second-order valence-electron chi connectivity index (χ2n) is 8.02. The summed E-state index contributed by atoms with van der Waals surface area (Å²) >= 11 is 0. The molecular weight excluding hydrogens is 387 g/mol. The molecule has 0 aliphatic heterocycles. The summed E-state index contributed by atoms with van der Waals surface area (Å²) in [5.41, 5.74) is 0. The fourth-order valence-electron chi connectivity index (χ4n) is 3.44. The first-order chi connectivity index (χ1) is 14.1. The van der Waals surface area contributed by atoms with E-state index in [9.17, 15) is 4.57 Å². The van der Waals surface area contributed by atoms with Crippen LogP contribution in [0.25, 0.3) is 0 Å². The fraction of sp³-hybridized carbons (Fsp3) is 1.00. The first-order valence-corrected chi connectivity index (χ1v) is 13.7. The fourth-order valence-corrected chi connectivity index (χ4v) is 4.56. The van der Waals surface area contributed by atoms with E-state index in [1.54, 1.807) is 7.11 Å². The number of unbranched alkanes of at least 4 members (excludes halogenated alkanes) is 13. The maximum atomic E-state index is 12.1. The lowest BCUT2D eigenvalue weighted by molar-refractivity contribution is 0.00559. The summed E-state index contributed by atoms with van der Waals surface area (Å²) in [5, 5.41) is 0. The summed E-state index contributed by atoms with van der Waals surface area (Å²) in [4.78, 5) is 0. The molecule has 0 aromatic carbocycles. The number of rotatable bonds is 23. The Kier molecular flexibility index (Phi) is 21.4. The van der Waals surface area contributed by atoms with Gasteiger partial charge in [0, 0.05) is 27.9 Å². The predicted molar refractivity (Wildman–Crippen MR) is 123 cm³/mol. The molecule has 0 aromatic heterocycles. The Labute approximate surface area is 181 Å². The van der Waals surface area contributed by atoms with Crippen molar-refractivity contribution in [2.24, 2.45) is 0 Å². The Morgan fingerprint density at radius 2 is 1.14 bits per heavy atom. The number of methoxy groups -OCH3 is 1. The summed E-state index contributed by atoms with van der Waals surface area (Å²) in [6.07, 6.45) is 19.9. The molecule has 0 radical (unpaired) electrons. The lowest BCUT2D eigenvalue weighted by Gasteiger charge is -2.18. The highest BCUT2D eigenvalue weighted by Gasteiger charge is 2.23. The van der Waals surface area contributed by atoms with Crippen LogP contribution >= 0.6 is 7.60 Å². The predicted octanol–water partition coefficient (Wildman–Crippen LogP) is 7.38. The van der Waals surface area contributed by atoms with Crippen molar-refractivity contribution < 1.29 is 23.1 Å². The standard InChI is InChI=1S/C23H49O5P/c1-5-6-7-8-9-10-11-12-13-14-15-16-17-18-20-28-22-23(25-2)19-21-29(24,26-3)27-4/h23H,5-22H2,1-4H3/t23-/m0/s1. The van der Waals surface area contributed by atoms with E-state index in [1.807, 2.05) is 0 Å². The molecule has 6 heteroatoms. The van der Waals surface area contributed by atoms with Crippen LogP contribution < -0.4 is 0 Å². The zero-order chi connectivity index (χ0) is 21.6. The molecule has 0 heterocycles. The molecule has 0 saturated heterocycles. The van der Waals surface area contributed by atoms with Crippen molar-refractivity contribution >= 4 is 7.60 Å². The zero-order valence-corrected chi connectivity index (χ0v) is 20.7. The highest BCUT2D eigenvalue weighted by Crippen LogP contribution is 2.47. The van der Waals surface area contributed by atoms with Crippen LogP contribution in [-0.4, -0.2) is 46.8 Å².